The van der Waals surface area contributed by atoms with Crippen molar-refractivity contribution in [3.63, 3.8) is 0 Å². The van der Waals surface area contributed by atoms with Gasteiger partial charge in [0.15, 0.2) is 0 Å². The van der Waals surface area contributed by atoms with E-state index in [0.29, 0.717) is 16.6 Å². The number of carboxylic acids is 1. The van der Waals surface area contributed by atoms with E-state index in [1.165, 1.54) is 6.07 Å². The van der Waals surface area contributed by atoms with Gasteiger partial charge in [-0.3, -0.25) is 4.98 Å². The molecule has 0 bridgehead atoms. The van der Waals surface area contributed by atoms with Gasteiger partial charge in [0.1, 0.15) is 5.52 Å². The maximum absolute atomic E-state index is 11.3. The summed E-state index contributed by atoms with van der Waals surface area (Å²) in [5, 5.41) is 11.2. The van der Waals surface area contributed by atoms with Crippen LogP contribution in [0.2, 0.25) is 0 Å². The van der Waals surface area contributed by atoms with Gasteiger partial charge in [-0.05, 0) is 29.7 Å². The molecule has 0 aliphatic heterocycles. The Morgan fingerprint density at radius 2 is 1.81 bits per heavy atom. The van der Waals surface area contributed by atoms with Gasteiger partial charge in [0, 0.05) is 17.8 Å². The quantitative estimate of drug-likeness (QED) is 0.427. The van der Waals surface area contributed by atoms with Crippen LogP contribution in [0.5, 0.6) is 0 Å². The summed E-state index contributed by atoms with van der Waals surface area (Å²) < 4.78 is 0. The number of rotatable bonds is 1. The van der Waals surface area contributed by atoms with E-state index in [2.05, 4.69) is 15.0 Å². The molecule has 0 spiro atoms. The highest BCUT2D eigenvalue weighted by Gasteiger charge is 2.12. The van der Waals surface area contributed by atoms with Gasteiger partial charge in [0.05, 0.1) is 22.1 Å². The minimum Gasteiger partial charge on any atom is -0.478 e. The largest absolute Gasteiger partial charge is 0.478 e. The van der Waals surface area contributed by atoms with Crippen molar-refractivity contribution in [2.75, 3.05) is 0 Å². The standard InChI is InChI=1S/C16H9N3O2/c20-16(21)10-2-1-3-12-14(10)19-15-11-8-17-7-6-9(11)4-5-13(15)18-12/h1-8H,(H,20,21). The Morgan fingerprint density at radius 1 is 0.952 bits per heavy atom. The third-order valence-electron chi connectivity index (χ3n) is 3.48. The minimum absolute atomic E-state index is 0.155. The van der Waals surface area contributed by atoms with E-state index in [1.54, 1.807) is 24.5 Å². The highest BCUT2D eigenvalue weighted by Crippen LogP contribution is 2.25. The fourth-order valence-electron chi connectivity index (χ4n) is 2.49. The van der Waals surface area contributed by atoms with Gasteiger partial charge in [-0.15, -0.1) is 0 Å². The molecule has 0 aliphatic carbocycles. The van der Waals surface area contributed by atoms with Crippen LogP contribution in [0.3, 0.4) is 0 Å². The number of nitrogens with zero attached hydrogens (tertiary/aromatic N) is 3. The van der Waals surface area contributed by atoms with E-state index in [1.807, 2.05) is 18.2 Å². The molecule has 4 aromatic rings. The van der Waals surface area contributed by atoms with Gasteiger partial charge in [-0.1, -0.05) is 12.1 Å². The second-order valence-corrected chi connectivity index (χ2v) is 4.73. The van der Waals surface area contributed by atoms with Crippen LogP contribution in [-0.4, -0.2) is 26.0 Å². The summed E-state index contributed by atoms with van der Waals surface area (Å²) in [6.45, 7) is 0. The maximum Gasteiger partial charge on any atom is 0.337 e. The molecule has 0 unspecified atom stereocenters. The SMILES string of the molecule is O=C(O)c1cccc2nc3ccc4ccncc4c3nc12. The molecule has 2 heterocycles. The van der Waals surface area contributed by atoms with E-state index in [9.17, 15) is 9.90 Å². The summed E-state index contributed by atoms with van der Waals surface area (Å²) in [4.78, 5) is 24.5. The van der Waals surface area contributed by atoms with Crippen molar-refractivity contribution < 1.29 is 9.90 Å². The Hall–Kier alpha value is -3.08. The molecule has 5 nitrogen and oxygen atoms in total. The fraction of sp³-hybridized carbons (Fsp3) is 0. The summed E-state index contributed by atoms with van der Waals surface area (Å²) in [7, 11) is 0. The molecule has 0 fully saturated rings. The second-order valence-electron chi connectivity index (χ2n) is 4.73. The third-order valence-corrected chi connectivity index (χ3v) is 3.48. The molecule has 4 rings (SSSR count). The smallest absolute Gasteiger partial charge is 0.337 e. The molecular formula is C16H9N3O2. The number of carbonyl (C=O) groups is 1. The summed E-state index contributed by atoms with van der Waals surface area (Å²) >= 11 is 0. The molecule has 2 aromatic heterocycles. The van der Waals surface area contributed by atoms with Crippen LogP contribution < -0.4 is 0 Å². The molecule has 0 saturated heterocycles. The van der Waals surface area contributed by atoms with Crippen LogP contribution in [0.4, 0.5) is 0 Å². The number of aromatic carboxylic acids is 1. The molecule has 0 radical (unpaired) electrons. The van der Waals surface area contributed by atoms with E-state index in [4.69, 9.17) is 0 Å². The van der Waals surface area contributed by atoms with Crippen LogP contribution in [0.1, 0.15) is 10.4 Å². The molecule has 0 saturated carbocycles. The first-order valence-electron chi connectivity index (χ1n) is 6.40. The summed E-state index contributed by atoms with van der Waals surface area (Å²) in [6, 6.07) is 10.7. The van der Waals surface area contributed by atoms with Gasteiger partial charge in [-0.2, -0.15) is 0 Å². The maximum atomic E-state index is 11.3. The minimum atomic E-state index is -1.01. The lowest BCUT2D eigenvalue weighted by molar-refractivity contribution is 0.0699. The normalized spacial score (nSPS) is 11.2. The number of hydrogen-bond acceptors (Lipinski definition) is 4. The van der Waals surface area contributed by atoms with E-state index < -0.39 is 5.97 Å². The summed E-state index contributed by atoms with van der Waals surface area (Å²) in [6.07, 6.45) is 3.44. The average molecular weight is 275 g/mol. The lowest BCUT2D eigenvalue weighted by Gasteiger charge is -2.06. The Labute approximate surface area is 118 Å². The summed E-state index contributed by atoms with van der Waals surface area (Å²) in [5.74, 6) is -1.01. The van der Waals surface area contributed by atoms with Crippen molar-refractivity contribution in [2.45, 2.75) is 0 Å². The van der Waals surface area contributed by atoms with Crippen molar-refractivity contribution in [3.8, 4) is 0 Å². The van der Waals surface area contributed by atoms with Crippen molar-refractivity contribution >= 4 is 38.8 Å². The van der Waals surface area contributed by atoms with Crippen molar-refractivity contribution in [3.05, 3.63) is 54.4 Å². The van der Waals surface area contributed by atoms with Gasteiger partial charge in [0.2, 0.25) is 0 Å². The molecular weight excluding hydrogens is 266 g/mol. The Balaban J connectivity index is 2.23. The lowest BCUT2D eigenvalue weighted by Crippen LogP contribution is -2.00. The van der Waals surface area contributed by atoms with Crippen LogP contribution in [0.15, 0.2) is 48.8 Å². The highest BCUT2D eigenvalue weighted by atomic mass is 16.4. The van der Waals surface area contributed by atoms with Gasteiger partial charge in [0.25, 0.3) is 0 Å². The van der Waals surface area contributed by atoms with Crippen LogP contribution in [0.25, 0.3) is 32.8 Å². The van der Waals surface area contributed by atoms with E-state index in [-0.39, 0.29) is 5.56 Å². The molecule has 2 aromatic carbocycles. The lowest BCUT2D eigenvalue weighted by atomic mass is 10.1. The average Bonchev–Trinajstić information content (AvgIpc) is 2.52. The van der Waals surface area contributed by atoms with Crippen LogP contribution in [-0.2, 0) is 0 Å². The van der Waals surface area contributed by atoms with Gasteiger partial charge in [-0.25, -0.2) is 14.8 Å². The zero-order valence-corrected chi connectivity index (χ0v) is 10.8. The number of benzene rings is 2. The van der Waals surface area contributed by atoms with Gasteiger partial charge >= 0.3 is 5.97 Å². The molecule has 5 heteroatoms. The first kappa shape index (κ1) is 11.7. The molecule has 21 heavy (non-hydrogen) atoms. The zero-order valence-electron chi connectivity index (χ0n) is 10.8. The highest BCUT2D eigenvalue weighted by molar-refractivity contribution is 6.08. The summed E-state index contributed by atoms with van der Waals surface area (Å²) in [5.41, 5.74) is 2.52. The number of pyridine rings is 1. The van der Waals surface area contributed by atoms with E-state index >= 15 is 0 Å². The monoisotopic (exact) mass is 275 g/mol. The van der Waals surface area contributed by atoms with E-state index in [0.717, 1.165) is 16.3 Å². The number of hydrogen-bond donors (Lipinski definition) is 1. The number of para-hydroxylation sites is 1. The third kappa shape index (κ3) is 1.71. The number of fused-ring (bicyclic) bond motifs is 4. The Bertz CT molecular complexity index is 1030. The number of carboxylic acid groups (broad SMARTS) is 1. The topological polar surface area (TPSA) is 76.0 Å². The molecule has 0 atom stereocenters. The Morgan fingerprint density at radius 3 is 2.67 bits per heavy atom. The Kier molecular flexibility index (Phi) is 2.35. The zero-order chi connectivity index (χ0) is 14.4. The van der Waals surface area contributed by atoms with Crippen molar-refractivity contribution in [2.24, 2.45) is 0 Å². The molecule has 0 amide bonds. The van der Waals surface area contributed by atoms with Crippen molar-refractivity contribution in [1.82, 2.24) is 15.0 Å². The second kappa shape index (κ2) is 4.21. The predicted octanol–water partition coefficient (Wildman–Crippen LogP) is 3.03. The number of aromatic nitrogens is 3. The van der Waals surface area contributed by atoms with Gasteiger partial charge < -0.3 is 5.11 Å². The van der Waals surface area contributed by atoms with Crippen LogP contribution >= 0.6 is 0 Å². The van der Waals surface area contributed by atoms with Crippen molar-refractivity contribution in [1.29, 1.82) is 0 Å². The first-order valence-corrected chi connectivity index (χ1v) is 6.40. The first-order chi connectivity index (χ1) is 10.2. The molecule has 0 aliphatic rings. The predicted molar refractivity (Wildman–Crippen MR) is 79.3 cm³/mol. The molecule has 100 valence electrons. The molecule has 1 N–H and O–H groups in total. The fourth-order valence-corrected chi connectivity index (χ4v) is 2.49. The van der Waals surface area contributed by atoms with Crippen LogP contribution in [0, 0.1) is 0 Å².